The van der Waals surface area contributed by atoms with E-state index in [1.54, 1.807) is 23.1 Å². The third kappa shape index (κ3) is 2.68. The Morgan fingerprint density at radius 1 is 1.24 bits per heavy atom. The first-order valence-electron chi connectivity index (χ1n) is 7.96. The van der Waals surface area contributed by atoms with E-state index in [0.717, 1.165) is 5.56 Å². The van der Waals surface area contributed by atoms with Crippen LogP contribution in [0.25, 0.3) is 11.0 Å². The quantitative estimate of drug-likeness (QED) is 0.709. The summed E-state index contributed by atoms with van der Waals surface area (Å²) in [5, 5.41) is 8.56. The van der Waals surface area contributed by atoms with Gasteiger partial charge < -0.3 is 4.90 Å². The molecule has 1 amide bonds. The van der Waals surface area contributed by atoms with Crippen molar-refractivity contribution in [1.29, 1.82) is 0 Å². The Morgan fingerprint density at radius 3 is 2.84 bits per heavy atom. The molecule has 0 aliphatic carbocycles. The fourth-order valence-electron chi connectivity index (χ4n) is 3.08. The highest BCUT2D eigenvalue weighted by atomic mass is 35.5. The molecule has 0 unspecified atom stereocenters. The molecule has 1 atom stereocenters. The number of halogens is 1. The van der Waals surface area contributed by atoms with Gasteiger partial charge in [-0.25, -0.2) is 0 Å². The monoisotopic (exact) mass is 354 g/mol. The maximum atomic E-state index is 12.8. The molecule has 0 bridgehead atoms. The molecule has 1 saturated heterocycles. The van der Waals surface area contributed by atoms with Gasteiger partial charge in [0, 0.05) is 23.7 Å². The van der Waals surface area contributed by atoms with Crippen molar-refractivity contribution in [3.05, 3.63) is 53.1 Å². The fraction of sp³-hybridized carbons (Fsp3) is 0.222. The van der Waals surface area contributed by atoms with E-state index in [1.807, 2.05) is 31.2 Å². The van der Waals surface area contributed by atoms with Gasteiger partial charge in [-0.2, -0.15) is 4.68 Å². The lowest BCUT2D eigenvalue weighted by Gasteiger charge is -2.17. The van der Waals surface area contributed by atoms with Crippen molar-refractivity contribution in [3.63, 3.8) is 0 Å². The number of carbonyl (C=O) groups is 2. The Balaban J connectivity index is 1.61. The lowest BCUT2D eigenvalue weighted by atomic mass is 10.1. The maximum Gasteiger partial charge on any atom is 0.254 e. The molecule has 0 saturated carbocycles. The SMILES string of the molecule is Cc1ccc(N2C[C@H](C(=O)n3nnc4ccccc43)CC2=O)cc1Cl. The van der Waals surface area contributed by atoms with Crippen molar-refractivity contribution in [1.82, 2.24) is 15.0 Å². The summed E-state index contributed by atoms with van der Waals surface area (Å²) >= 11 is 6.16. The molecule has 0 N–H and O–H groups in total. The van der Waals surface area contributed by atoms with Gasteiger partial charge in [-0.1, -0.05) is 35.0 Å². The molecular formula is C18H15ClN4O2. The van der Waals surface area contributed by atoms with E-state index in [1.165, 1.54) is 4.68 Å². The van der Waals surface area contributed by atoms with Crippen LogP contribution in [0.4, 0.5) is 5.69 Å². The Hall–Kier alpha value is -2.73. The smallest absolute Gasteiger partial charge is 0.254 e. The molecule has 2 heterocycles. The lowest BCUT2D eigenvalue weighted by molar-refractivity contribution is -0.117. The van der Waals surface area contributed by atoms with Crippen LogP contribution in [0.15, 0.2) is 42.5 Å². The van der Waals surface area contributed by atoms with E-state index < -0.39 is 5.92 Å². The van der Waals surface area contributed by atoms with Crippen LogP contribution in [0.3, 0.4) is 0 Å². The number of anilines is 1. The van der Waals surface area contributed by atoms with Gasteiger partial charge in [0.15, 0.2) is 0 Å². The van der Waals surface area contributed by atoms with Crippen molar-refractivity contribution < 1.29 is 9.59 Å². The highest BCUT2D eigenvalue weighted by molar-refractivity contribution is 6.31. The normalized spacial score (nSPS) is 17.4. The van der Waals surface area contributed by atoms with Crippen LogP contribution in [0.5, 0.6) is 0 Å². The van der Waals surface area contributed by atoms with Crippen molar-refractivity contribution in [2.24, 2.45) is 5.92 Å². The second kappa shape index (κ2) is 5.97. The molecule has 126 valence electrons. The predicted molar refractivity (Wildman–Crippen MR) is 94.8 cm³/mol. The number of rotatable bonds is 2. The molecule has 6 nitrogen and oxygen atoms in total. The Kier molecular flexibility index (Phi) is 3.77. The number of nitrogens with zero attached hydrogens (tertiary/aromatic N) is 4. The fourth-order valence-corrected chi connectivity index (χ4v) is 3.25. The number of aryl methyl sites for hydroxylation is 1. The minimum absolute atomic E-state index is 0.0947. The highest BCUT2D eigenvalue weighted by Crippen LogP contribution is 2.29. The molecule has 1 aliphatic rings. The zero-order valence-electron chi connectivity index (χ0n) is 13.5. The van der Waals surface area contributed by atoms with Crippen LogP contribution in [0, 0.1) is 12.8 Å². The molecular weight excluding hydrogens is 340 g/mol. The molecule has 1 aromatic heterocycles. The first-order chi connectivity index (χ1) is 12.0. The summed E-state index contributed by atoms with van der Waals surface area (Å²) in [5.74, 6) is -0.775. The summed E-state index contributed by atoms with van der Waals surface area (Å²) in [6, 6.07) is 12.7. The van der Waals surface area contributed by atoms with Gasteiger partial charge in [0.05, 0.1) is 11.4 Å². The van der Waals surface area contributed by atoms with E-state index in [2.05, 4.69) is 10.3 Å². The number of aromatic nitrogens is 3. The van der Waals surface area contributed by atoms with E-state index in [-0.39, 0.29) is 18.2 Å². The van der Waals surface area contributed by atoms with E-state index >= 15 is 0 Å². The first-order valence-corrected chi connectivity index (χ1v) is 8.33. The summed E-state index contributed by atoms with van der Waals surface area (Å²) in [6.45, 7) is 2.21. The van der Waals surface area contributed by atoms with Crippen LogP contribution < -0.4 is 4.90 Å². The number of amides is 1. The first kappa shape index (κ1) is 15.8. The summed E-state index contributed by atoms with van der Waals surface area (Å²) in [5.41, 5.74) is 2.96. The molecule has 0 spiro atoms. The molecule has 1 fully saturated rings. The predicted octanol–water partition coefficient (Wildman–Crippen LogP) is 3.09. The van der Waals surface area contributed by atoms with Crippen molar-refractivity contribution in [2.75, 3.05) is 11.4 Å². The average Bonchev–Trinajstić information content (AvgIpc) is 3.20. The van der Waals surface area contributed by atoms with Crippen molar-refractivity contribution in [3.8, 4) is 0 Å². The summed E-state index contributed by atoms with van der Waals surface area (Å²) < 4.78 is 1.29. The van der Waals surface area contributed by atoms with Crippen LogP contribution in [0.2, 0.25) is 5.02 Å². The molecule has 4 rings (SSSR count). The number of fused-ring (bicyclic) bond motifs is 1. The van der Waals surface area contributed by atoms with Gasteiger partial charge in [0.25, 0.3) is 5.91 Å². The van der Waals surface area contributed by atoms with Gasteiger partial charge in [-0.15, -0.1) is 5.10 Å². The van der Waals surface area contributed by atoms with E-state index in [0.29, 0.717) is 28.3 Å². The maximum absolute atomic E-state index is 12.8. The lowest BCUT2D eigenvalue weighted by Crippen LogP contribution is -2.28. The average molecular weight is 355 g/mol. The second-order valence-corrected chi connectivity index (χ2v) is 6.57. The number of hydrogen-bond donors (Lipinski definition) is 0. The van der Waals surface area contributed by atoms with Crippen LogP contribution in [-0.4, -0.2) is 33.4 Å². The van der Waals surface area contributed by atoms with E-state index in [9.17, 15) is 9.59 Å². The molecule has 0 radical (unpaired) electrons. The molecule has 2 aromatic carbocycles. The van der Waals surface area contributed by atoms with Gasteiger partial charge in [0.1, 0.15) is 5.52 Å². The Labute approximate surface area is 149 Å². The van der Waals surface area contributed by atoms with Gasteiger partial charge in [-0.05, 0) is 36.8 Å². The van der Waals surface area contributed by atoms with Crippen LogP contribution >= 0.6 is 11.6 Å². The highest BCUT2D eigenvalue weighted by Gasteiger charge is 2.36. The zero-order valence-corrected chi connectivity index (χ0v) is 14.3. The molecule has 7 heteroatoms. The van der Waals surface area contributed by atoms with Crippen LogP contribution in [0.1, 0.15) is 16.8 Å². The molecule has 1 aliphatic heterocycles. The molecule has 25 heavy (non-hydrogen) atoms. The van der Waals surface area contributed by atoms with Gasteiger partial charge in [0.2, 0.25) is 5.91 Å². The third-order valence-electron chi connectivity index (χ3n) is 4.50. The van der Waals surface area contributed by atoms with Gasteiger partial charge in [-0.3, -0.25) is 9.59 Å². The molecule has 3 aromatic rings. The summed E-state index contributed by atoms with van der Waals surface area (Å²) in [7, 11) is 0. The minimum Gasteiger partial charge on any atom is -0.312 e. The van der Waals surface area contributed by atoms with Crippen molar-refractivity contribution in [2.45, 2.75) is 13.3 Å². The Morgan fingerprint density at radius 2 is 2.04 bits per heavy atom. The second-order valence-electron chi connectivity index (χ2n) is 6.17. The topological polar surface area (TPSA) is 68.1 Å². The zero-order chi connectivity index (χ0) is 17.6. The van der Waals surface area contributed by atoms with E-state index in [4.69, 9.17) is 11.6 Å². The minimum atomic E-state index is -0.460. The largest absolute Gasteiger partial charge is 0.312 e. The third-order valence-corrected chi connectivity index (χ3v) is 4.91. The summed E-state index contributed by atoms with van der Waals surface area (Å²) in [4.78, 5) is 26.8. The number of hydrogen-bond acceptors (Lipinski definition) is 4. The Bertz CT molecular complexity index is 998. The standard InChI is InChI=1S/C18H15ClN4O2/c1-11-6-7-13(9-14(11)19)22-10-12(8-17(22)24)18(25)23-16-5-3-2-4-15(16)20-21-23/h2-7,9,12H,8,10H2,1H3/t12-/m1/s1. The summed E-state index contributed by atoms with van der Waals surface area (Å²) in [6.07, 6.45) is 0.151. The number of para-hydroxylation sites is 1. The van der Waals surface area contributed by atoms with Gasteiger partial charge >= 0.3 is 0 Å². The van der Waals surface area contributed by atoms with Crippen molar-refractivity contribution >= 4 is 40.1 Å². The number of benzene rings is 2. The van der Waals surface area contributed by atoms with Crippen LogP contribution in [-0.2, 0) is 4.79 Å². The number of carbonyl (C=O) groups excluding carboxylic acids is 2.